The Morgan fingerprint density at radius 3 is 2.56 bits per heavy atom. The van der Waals surface area contributed by atoms with Gasteiger partial charge in [0.15, 0.2) is 0 Å². The molecule has 0 radical (unpaired) electrons. The summed E-state index contributed by atoms with van der Waals surface area (Å²) in [7, 11) is 0. The van der Waals surface area contributed by atoms with Crippen molar-refractivity contribution in [2.45, 2.75) is 19.8 Å². The molecule has 0 saturated carbocycles. The number of aliphatic carboxylic acids is 1. The maximum Gasteiger partial charge on any atom is 0.308 e. The van der Waals surface area contributed by atoms with E-state index in [1.807, 2.05) is 31.2 Å². The lowest BCUT2D eigenvalue weighted by molar-refractivity contribution is -0.141. The van der Waals surface area contributed by atoms with Crippen LogP contribution in [0.4, 0.5) is 0 Å². The van der Waals surface area contributed by atoms with E-state index in [0.29, 0.717) is 25.9 Å². The molecule has 0 aliphatic carbocycles. The second-order valence-electron chi connectivity index (χ2n) is 4.83. The number of aryl methyl sites for hydroxylation is 1. The van der Waals surface area contributed by atoms with Gasteiger partial charge in [0.05, 0.1) is 12.3 Å². The number of hydrogen-bond donors (Lipinski definition) is 1. The fraction of sp³-hybridized carbons (Fsp3) is 0.429. The lowest BCUT2D eigenvalue weighted by Crippen LogP contribution is -2.31. The zero-order chi connectivity index (χ0) is 13.1. The van der Waals surface area contributed by atoms with Crippen LogP contribution in [0, 0.1) is 12.8 Å². The normalized spacial score (nSPS) is 18.9. The molecule has 96 valence electrons. The molecule has 1 amide bonds. The minimum atomic E-state index is -0.805. The molecule has 1 N–H and O–H groups in total. The van der Waals surface area contributed by atoms with Gasteiger partial charge in [-0.1, -0.05) is 29.8 Å². The third-order valence-electron chi connectivity index (χ3n) is 3.37. The molecule has 18 heavy (non-hydrogen) atoms. The van der Waals surface area contributed by atoms with Crippen molar-refractivity contribution in [3.63, 3.8) is 0 Å². The first-order valence-electron chi connectivity index (χ1n) is 6.12. The van der Waals surface area contributed by atoms with E-state index in [1.165, 1.54) is 5.56 Å². The quantitative estimate of drug-likeness (QED) is 0.880. The molecule has 0 aromatic heterocycles. The van der Waals surface area contributed by atoms with Crippen molar-refractivity contribution in [3.8, 4) is 0 Å². The predicted molar refractivity (Wildman–Crippen MR) is 67.2 cm³/mol. The van der Waals surface area contributed by atoms with Crippen molar-refractivity contribution in [2.24, 2.45) is 5.92 Å². The van der Waals surface area contributed by atoms with Gasteiger partial charge in [-0.15, -0.1) is 0 Å². The van der Waals surface area contributed by atoms with Crippen LogP contribution >= 0.6 is 0 Å². The van der Waals surface area contributed by atoms with Gasteiger partial charge in [-0.05, 0) is 18.9 Å². The molecule has 0 spiro atoms. The van der Waals surface area contributed by atoms with Gasteiger partial charge in [0.25, 0.3) is 0 Å². The number of carbonyl (C=O) groups is 2. The second-order valence-corrected chi connectivity index (χ2v) is 4.83. The van der Waals surface area contributed by atoms with Crippen molar-refractivity contribution < 1.29 is 14.7 Å². The molecule has 4 nitrogen and oxygen atoms in total. The van der Waals surface area contributed by atoms with E-state index < -0.39 is 11.9 Å². The van der Waals surface area contributed by atoms with Crippen LogP contribution in [-0.4, -0.2) is 35.0 Å². The van der Waals surface area contributed by atoms with Gasteiger partial charge in [0.2, 0.25) is 5.91 Å². The molecular formula is C14H17NO3. The topological polar surface area (TPSA) is 57.6 Å². The summed E-state index contributed by atoms with van der Waals surface area (Å²) in [5.41, 5.74) is 2.14. The Balaban J connectivity index is 1.93. The van der Waals surface area contributed by atoms with E-state index in [4.69, 9.17) is 5.11 Å². The summed E-state index contributed by atoms with van der Waals surface area (Å²) in [4.78, 5) is 24.5. The Labute approximate surface area is 106 Å². The van der Waals surface area contributed by atoms with Gasteiger partial charge < -0.3 is 10.0 Å². The number of amides is 1. The van der Waals surface area contributed by atoms with Crippen LogP contribution < -0.4 is 0 Å². The molecule has 1 atom stereocenters. The largest absolute Gasteiger partial charge is 0.481 e. The summed E-state index contributed by atoms with van der Waals surface area (Å²) in [6.07, 6.45) is 0.918. The third-order valence-corrected chi connectivity index (χ3v) is 3.37. The first kappa shape index (κ1) is 12.6. The van der Waals surface area contributed by atoms with Gasteiger partial charge in [0, 0.05) is 13.1 Å². The fourth-order valence-electron chi connectivity index (χ4n) is 2.18. The zero-order valence-electron chi connectivity index (χ0n) is 10.4. The van der Waals surface area contributed by atoms with Crippen molar-refractivity contribution in [2.75, 3.05) is 13.1 Å². The zero-order valence-corrected chi connectivity index (χ0v) is 10.4. The number of carboxylic acid groups (broad SMARTS) is 1. The standard InChI is InChI=1S/C14H17NO3/c1-10-2-4-11(5-3-10)8-13(16)15-7-6-12(9-15)14(17)18/h2-5,12H,6-9H2,1H3,(H,17,18)/t12-/m1/s1. The van der Waals surface area contributed by atoms with Crippen LogP contribution in [0.3, 0.4) is 0 Å². The fourth-order valence-corrected chi connectivity index (χ4v) is 2.18. The van der Waals surface area contributed by atoms with E-state index in [2.05, 4.69) is 0 Å². The van der Waals surface area contributed by atoms with E-state index in [9.17, 15) is 9.59 Å². The Bertz CT molecular complexity index is 453. The minimum absolute atomic E-state index is 0.0163. The predicted octanol–water partition coefficient (Wildman–Crippen LogP) is 1.47. The van der Waals surface area contributed by atoms with E-state index in [-0.39, 0.29) is 5.91 Å². The second kappa shape index (κ2) is 5.21. The number of carbonyl (C=O) groups excluding carboxylic acids is 1. The highest BCUT2D eigenvalue weighted by molar-refractivity contribution is 5.80. The van der Waals surface area contributed by atoms with Gasteiger partial charge in [-0.3, -0.25) is 9.59 Å². The average Bonchev–Trinajstić information content (AvgIpc) is 2.81. The molecule has 1 saturated heterocycles. The molecule has 1 fully saturated rings. The molecule has 2 rings (SSSR count). The number of rotatable bonds is 3. The molecular weight excluding hydrogens is 230 g/mol. The number of carboxylic acids is 1. The number of benzene rings is 1. The summed E-state index contributed by atoms with van der Waals surface area (Å²) in [6, 6.07) is 7.84. The molecule has 1 aromatic rings. The van der Waals surface area contributed by atoms with Crippen LogP contribution in [-0.2, 0) is 16.0 Å². The van der Waals surface area contributed by atoms with Crippen molar-refractivity contribution >= 4 is 11.9 Å². The highest BCUT2D eigenvalue weighted by atomic mass is 16.4. The van der Waals surface area contributed by atoms with Gasteiger partial charge >= 0.3 is 5.97 Å². The number of nitrogens with zero attached hydrogens (tertiary/aromatic N) is 1. The Hall–Kier alpha value is -1.84. The molecule has 0 bridgehead atoms. The molecule has 1 heterocycles. The number of likely N-dealkylation sites (tertiary alicyclic amines) is 1. The molecule has 1 aliphatic rings. The van der Waals surface area contributed by atoms with Gasteiger partial charge in [-0.2, -0.15) is 0 Å². The molecule has 0 unspecified atom stereocenters. The first-order valence-corrected chi connectivity index (χ1v) is 6.12. The third kappa shape index (κ3) is 2.88. The lowest BCUT2D eigenvalue weighted by Gasteiger charge is -2.15. The summed E-state index contributed by atoms with van der Waals surface area (Å²) in [6.45, 7) is 2.91. The highest BCUT2D eigenvalue weighted by Gasteiger charge is 2.30. The maximum absolute atomic E-state index is 12.0. The summed E-state index contributed by atoms with van der Waals surface area (Å²) in [5, 5.41) is 8.90. The summed E-state index contributed by atoms with van der Waals surface area (Å²) in [5.74, 6) is -1.18. The smallest absolute Gasteiger partial charge is 0.308 e. The van der Waals surface area contributed by atoms with Crippen LogP contribution in [0.25, 0.3) is 0 Å². The van der Waals surface area contributed by atoms with Crippen molar-refractivity contribution in [1.82, 2.24) is 4.90 Å². The highest BCUT2D eigenvalue weighted by Crippen LogP contribution is 2.17. The first-order chi connectivity index (χ1) is 8.56. The van der Waals surface area contributed by atoms with Crippen LogP contribution in [0.1, 0.15) is 17.5 Å². The Kier molecular flexibility index (Phi) is 3.65. The Morgan fingerprint density at radius 2 is 2.00 bits per heavy atom. The van der Waals surface area contributed by atoms with E-state index in [0.717, 1.165) is 5.56 Å². The van der Waals surface area contributed by atoms with Crippen LogP contribution in [0.2, 0.25) is 0 Å². The molecule has 1 aromatic carbocycles. The average molecular weight is 247 g/mol. The number of hydrogen-bond acceptors (Lipinski definition) is 2. The van der Waals surface area contributed by atoms with E-state index in [1.54, 1.807) is 4.90 Å². The van der Waals surface area contributed by atoms with Crippen molar-refractivity contribution in [3.05, 3.63) is 35.4 Å². The molecule has 1 aliphatic heterocycles. The molecule has 4 heteroatoms. The summed E-state index contributed by atoms with van der Waals surface area (Å²) < 4.78 is 0. The van der Waals surface area contributed by atoms with E-state index >= 15 is 0 Å². The minimum Gasteiger partial charge on any atom is -0.481 e. The summed E-state index contributed by atoms with van der Waals surface area (Å²) >= 11 is 0. The van der Waals surface area contributed by atoms with Crippen molar-refractivity contribution in [1.29, 1.82) is 0 Å². The SMILES string of the molecule is Cc1ccc(CC(=O)N2CC[C@@H](C(=O)O)C2)cc1. The van der Waals surface area contributed by atoms with Crippen LogP contribution in [0.5, 0.6) is 0 Å². The van der Waals surface area contributed by atoms with Crippen LogP contribution in [0.15, 0.2) is 24.3 Å². The lowest BCUT2D eigenvalue weighted by atomic mass is 10.1. The van der Waals surface area contributed by atoms with Gasteiger partial charge in [0.1, 0.15) is 0 Å². The Morgan fingerprint density at radius 1 is 1.33 bits per heavy atom. The maximum atomic E-state index is 12.0. The van der Waals surface area contributed by atoms with Gasteiger partial charge in [-0.25, -0.2) is 0 Å². The monoisotopic (exact) mass is 247 g/mol.